The molecule has 2 rings (SSSR count). The van der Waals surface area contributed by atoms with Crippen molar-refractivity contribution in [3.05, 3.63) is 35.3 Å². The van der Waals surface area contributed by atoms with Crippen LogP contribution in [0.15, 0.2) is 35.3 Å². The number of rotatable bonds is 2. The zero-order valence-corrected chi connectivity index (χ0v) is 10.2. The molecular weight excluding hydrogens is 234 g/mol. The summed E-state index contributed by atoms with van der Waals surface area (Å²) in [6.07, 6.45) is 5.94. The van der Waals surface area contributed by atoms with E-state index in [0.717, 1.165) is 32.0 Å². The molecule has 5 nitrogen and oxygen atoms in total. The van der Waals surface area contributed by atoms with Crippen molar-refractivity contribution in [2.45, 2.75) is 19.8 Å². The maximum absolute atomic E-state index is 11.7. The van der Waals surface area contributed by atoms with E-state index in [1.807, 2.05) is 0 Å². The third-order valence-corrected chi connectivity index (χ3v) is 2.87. The molecule has 0 radical (unpaired) electrons. The molecule has 1 N–H and O–H groups in total. The molecule has 2 aliphatic rings. The maximum atomic E-state index is 11.7. The van der Waals surface area contributed by atoms with Gasteiger partial charge in [-0.3, -0.25) is 4.79 Å². The average molecular weight is 249 g/mol. The molecule has 5 heteroatoms. The Morgan fingerprint density at radius 2 is 2.11 bits per heavy atom. The summed E-state index contributed by atoms with van der Waals surface area (Å²) in [6, 6.07) is 0. The van der Waals surface area contributed by atoms with Crippen molar-refractivity contribution in [3.63, 3.8) is 0 Å². The van der Waals surface area contributed by atoms with Crippen LogP contribution in [-0.2, 0) is 14.3 Å². The minimum atomic E-state index is -0.431. The maximum Gasteiger partial charge on any atom is 0.339 e. The van der Waals surface area contributed by atoms with Crippen molar-refractivity contribution >= 4 is 11.9 Å². The van der Waals surface area contributed by atoms with Crippen LogP contribution >= 0.6 is 0 Å². The predicted octanol–water partition coefficient (Wildman–Crippen LogP) is 1.44. The summed E-state index contributed by atoms with van der Waals surface area (Å²) < 4.78 is 4.86. The number of carbonyl (C=O) groups is 2. The lowest BCUT2D eigenvalue weighted by atomic mass is 10.3. The van der Waals surface area contributed by atoms with E-state index in [1.165, 1.54) is 12.2 Å². The van der Waals surface area contributed by atoms with Gasteiger partial charge in [0, 0.05) is 30.8 Å². The van der Waals surface area contributed by atoms with Crippen molar-refractivity contribution in [2.75, 3.05) is 13.1 Å². The third kappa shape index (κ3) is 2.80. The summed E-state index contributed by atoms with van der Waals surface area (Å²) in [7, 11) is 0. The van der Waals surface area contributed by atoms with Gasteiger partial charge >= 0.3 is 5.97 Å². The zero-order valence-electron chi connectivity index (χ0n) is 10.2. The van der Waals surface area contributed by atoms with Crippen LogP contribution in [0.2, 0.25) is 0 Å². The molecule has 2 aliphatic heterocycles. The normalized spacial score (nSPS) is 22.4. The largest absolute Gasteiger partial charge is 0.508 e. The number of cyclic esters (lactones) is 1. The topological polar surface area (TPSA) is 66.8 Å². The minimum absolute atomic E-state index is 0.208. The Balaban J connectivity index is 2.03. The summed E-state index contributed by atoms with van der Waals surface area (Å²) in [5.74, 6) is -0.604. The second kappa shape index (κ2) is 5.08. The fourth-order valence-corrected chi connectivity index (χ4v) is 1.90. The first-order valence-electron chi connectivity index (χ1n) is 5.88. The van der Waals surface area contributed by atoms with Crippen LogP contribution in [0.25, 0.3) is 0 Å². The van der Waals surface area contributed by atoms with Crippen LogP contribution in [0, 0.1) is 0 Å². The van der Waals surface area contributed by atoms with Gasteiger partial charge in [0.1, 0.15) is 11.5 Å². The molecule has 18 heavy (non-hydrogen) atoms. The van der Waals surface area contributed by atoms with Gasteiger partial charge in [-0.15, -0.1) is 0 Å². The van der Waals surface area contributed by atoms with Crippen molar-refractivity contribution in [2.24, 2.45) is 0 Å². The van der Waals surface area contributed by atoms with Crippen molar-refractivity contribution in [1.82, 2.24) is 4.90 Å². The van der Waals surface area contributed by atoms with E-state index in [9.17, 15) is 14.7 Å². The number of aliphatic hydroxyl groups is 1. The summed E-state index contributed by atoms with van der Waals surface area (Å²) in [5.41, 5.74) is 0.472. The first kappa shape index (κ1) is 12.4. The highest BCUT2D eigenvalue weighted by Gasteiger charge is 2.18. The van der Waals surface area contributed by atoms with Crippen LogP contribution in [0.5, 0.6) is 0 Å². The van der Waals surface area contributed by atoms with Gasteiger partial charge in [-0.05, 0) is 25.8 Å². The van der Waals surface area contributed by atoms with Crippen molar-refractivity contribution in [3.8, 4) is 0 Å². The number of esters is 1. The number of amides is 1. The van der Waals surface area contributed by atoms with E-state index in [-0.39, 0.29) is 17.4 Å². The lowest BCUT2D eigenvalue weighted by Crippen LogP contribution is -2.25. The van der Waals surface area contributed by atoms with Gasteiger partial charge in [0.2, 0.25) is 5.91 Å². The fraction of sp³-hybridized carbons (Fsp3) is 0.385. The number of carbonyl (C=O) groups excluding carboxylic acids is 2. The fourth-order valence-electron chi connectivity index (χ4n) is 1.90. The van der Waals surface area contributed by atoms with Gasteiger partial charge in [-0.25, -0.2) is 4.79 Å². The number of aliphatic hydroxyl groups excluding tert-OH is 1. The quantitative estimate of drug-likeness (QED) is 0.457. The molecule has 2 heterocycles. The Morgan fingerprint density at radius 1 is 1.44 bits per heavy atom. The van der Waals surface area contributed by atoms with E-state index in [2.05, 4.69) is 0 Å². The summed E-state index contributed by atoms with van der Waals surface area (Å²) in [5, 5.41) is 9.63. The van der Waals surface area contributed by atoms with Crippen LogP contribution in [-0.4, -0.2) is 35.0 Å². The molecule has 1 saturated heterocycles. The zero-order chi connectivity index (χ0) is 13.1. The van der Waals surface area contributed by atoms with Gasteiger partial charge in [0.05, 0.1) is 0 Å². The second-order valence-corrected chi connectivity index (χ2v) is 4.37. The van der Waals surface area contributed by atoms with E-state index in [4.69, 9.17) is 4.74 Å². The van der Waals surface area contributed by atoms with Gasteiger partial charge < -0.3 is 14.7 Å². The van der Waals surface area contributed by atoms with Gasteiger partial charge in [0.15, 0.2) is 0 Å². The van der Waals surface area contributed by atoms with Gasteiger partial charge in [-0.2, -0.15) is 0 Å². The predicted molar refractivity (Wildman–Crippen MR) is 64.5 cm³/mol. The Kier molecular flexibility index (Phi) is 3.50. The molecule has 0 atom stereocenters. The molecule has 0 saturated carbocycles. The lowest BCUT2D eigenvalue weighted by molar-refractivity contribution is -0.133. The Hall–Kier alpha value is -2.04. The molecule has 0 aromatic rings. The molecule has 0 bridgehead atoms. The molecule has 0 aliphatic carbocycles. The van der Waals surface area contributed by atoms with E-state index < -0.39 is 5.97 Å². The SMILES string of the molecule is CC1=C/C(=C\C(O)=C\C(=O)N2CCCC2)OC1=O. The Morgan fingerprint density at radius 3 is 2.67 bits per heavy atom. The summed E-state index contributed by atoms with van der Waals surface area (Å²) in [6.45, 7) is 3.08. The smallest absolute Gasteiger partial charge is 0.339 e. The summed E-state index contributed by atoms with van der Waals surface area (Å²) >= 11 is 0. The molecule has 0 spiro atoms. The number of allylic oxidation sites excluding steroid dienone is 2. The highest BCUT2D eigenvalue weighted by Crippen LogP contribution is 2.17. The molecule has 0 unspecified atom stereocenters. The molecular formula is C13H15NO4. The summed E-state index contributed by atoms with van der Waals surface area (Å²) in [4.78, 5) is 24.5. The number of likely N-dealkylation sites (tertiary alicyclic amines) is 1. The third-order valence-electron chi connectivity index (χ3n) is 2.87. The first-order valence-corrected chi connectivity index (χ1v) is 5.88. The number of nitrogens with zero attached hydrogens (tertiary/aromatic N) is 1. The second-order valence-electron chi connectivity index (χ2n) is 4.37. The number of ether oxygens (including phenoxy) is 1. The van der Waals surface area contributed by atoms with Crippen molar-refractivity contribution in [1.29, 1.82) is 0 Å². The molecule has 0 aromatic carbocycles. The van der Waals surface area contributed by atoms with Crippen LogP contribution in [0.3, 0.4) is 0 Å². The standard InChI is InChI=1S/C13H15NO4/c1-9-6-11(18-13(9)17)7-10(15)8-12(16)14-4-2-3-5-14/h6-8,15H,2-5H2,1H3/b10-8-,11-7+. The van der Waals surface area contributed by atoms with Crippen LogP contribution in [0.4, 0.5) is 0 Å². The average Bonchev–Trinajstić information content (AvgIpc) is 2.89. The Bertz CT molecular complexity index is 467. The number of hydrogen-bond donors (Lipinski definition) is 1. The lowest BCUT2D eigenvalue weighted by Gasteiger charge is -2.11. The minimum Gasteiger partial charge on any atom is -0.508 e. The molecule has 1 amide bonds. The Labute approximate surface area is 105 Å². The van der Waals surface area contributed by atoms with Crippen molar-refractivity contribution < 1.29 is 19.4 Å². The van der Waals surface area contributed by atoms with E-state index in [0.29, 0.717) is 5.57 Å². The van der Waals surface area contributed by atoms with E-state index in [1.54, 1.807) is 11.8 Å². The highest BCUT2D eigenvalue weighted by molar-refractivity contribution is 5.92. The molecule has 0 aromatic heterocycles. The monoisotopic (exact) mass is 249 g/mol. The van der Waals surface area contributed by atoms with Gasteiger partial charge in [0.25, 0.3) is 0 Å². The molecule has 1 fully saturated rings. The number of hydrogen-bond acceptors (Lipinski definition) is 4. The first-order chi connectivity index (χ1) is 8.56. The molecule has 96 valence electrons. The highest BCUT2D eigenvalue weighted by atomic mass is 16.5. The van der Waals surface area contributed by atoms with E-state index >= 15 is 0 Å². The van der Waals surface area contributed by atoms with Gasteiger partial charge in [-0.1, -0.05) is 0 Å². The van der Waals surface area contributed by atoms with Crippen LogP contribution < -0.4 is 0 Å². The van der Waals surface area contributed by atoms with Crippen LogP contribution in [0.1, 0.15) is 19.8 Å².